The van der Waals surface area contributed by atoms with Crippen molar-refractivity contribution in [3.8, 4) is 17.2 Å². The molecule has 3 aromatic rings. The zero-order valence-electron chi connectivity index (χ0n) is 17.7. The molecule has 1 amide bonds. The first-order chi connectivity index (χ1) is 15.2. The Morgan fingerprint density at radius 2 is 1.84 bits per heavy atom. The molecule has 1 aromatic heterocycles. The van der Waals surface area contributed by atoms with Crippen molar-refractivity contribution in [2.45, 2.75) is 13.5 Å². The third kappa shape index (κ3) is 5.71. The summed E-state index contributed by atoms with van der Waals surface area (Å²) in [6.45, 7) is 7.00. The molecule has 0 saturated carbocycles. The van der Waals surface area contributed by atoms with Crippen LogP contribution in [0.3, 0.4) is 0 Å². The van der Waals surface area contributed by atoms with E-state index in [1.165, 1.54) is 0 Å². The predicted octanol–water partition coefficient (Wildman–Crippen LogP) is 3.29. The van der Waals surface area contributed by atoms with Crippen LogP contribution >= 0.6 is 0 Å². The zero-order chi connectivity index (χ0) is 21.5. The van der Waals surface area contributed by atoms with Crippen LogP contribution < -0.4 is 10.1 Å². The van der Waals surface area contributed by atoms with Crippen LogP contribution in [0.15, 0.2) is 59.0 Å². The molecule has 162 valence electrons. The molecule has 0 bridgehead atoms. The molecule has 1 fully saturated rings. The van der Waals surface area contributed by atoms with Crippen LogP contribution in [0.5, 0.6) is 5.75 Å². The van der Waals surface area contributed by atoms with Crippen LogP contribution in [0.1, 0.15) is 21.8 Å². The lowest BCUT2D eigenvalue weighted by Crippen LogP contribution is -2.41. The number of carbonyl (C=O) groups is 1. The lowest BCUT2D eigenvalue weighted by Gasteiger charge is -2.26. The van der Waals surface area contributed by atoms with E-state index >= 15 is 0 Å². The highest BCUT2D eigenvalue weighted by Crippen LogP contribution is 2.23. The smallest absolute Gasteiger partial charge is 0.251 e. The first-order valence-electron chi connectivity index (χ1n) is 10.5. The highest BCUT2D eigenvalue weighted by Gasteiger charge is 2.14. The Labute approximate surface area is 182 Å². The molecule has 1 aliphatic rings. The van der Waals surface area contributed by atoms with Crippen molar-refractivity contribution in [1.82, 2.24) is 15.2 Å². The van der Waals surface area contributed by atoms with Crippen molar-refractivity contribution in [3.63, 3.8) is 0 Å². The number of hydrogen-bond acceptors (Lipinski definition) is 6. The molecule has 4 rings (SSSR count). The summed E-state index contributed by atoms with van der Waals surface area (Å²) in [6.07, 6.45) is 0. The second-order valence-electron chi connectivity index (χ2n) is 7.41. The number of benzene rings is 2. The van der Waals surface area contributed by atoms with Crippen LogP contribution in [-0.4, -0.2) is 55.2 Å². The molecule has 0 aliphatic carbocycles. The molecule has 2 aromatic carbocycles. The molecule has 2 heterocycles. The van der Waals surface area contributed by atoms with Crippen molar-refractivity contribution in [2.24, 2.45) is 0 Å². The Morgan fingerprint density at radius 3 is 2.58 bits per heavy atom. The largest absolute Gasteiger partial charge is 0.487 e. The second kappa shape index (κ2) is 10.2. The number of hydrogen-bond donors (Lipinski definition) is 1. The normalized spacial score (nSPS) is 14.4. The lowest BCUT2D eigenvalue weighted by molar-refractivity contribution is 0.0383. The molecule has 1 saturated heterocycles. The summed E-state index contributed by atoms with van der Waals surface area (Å²) in [4.78, 5) is 19.3. The van der Waals surface area contributed by atoms with Gasteiger partial charge in [-0.3, -0.25) is 9.69 Å². The maximum atomic E-state index is 12.4. The van der Waals surface area contributed by atoms with E-state index in [1.807, 2.05) is 49.4 Å². The van der Waals surface area contributed by atoms with E-state index in [9.17, 15) is 4.79 Å². The fourth-order valence-corrected chi connectivity index (χ4v) is 3.37. The molecule has 1 N–H and O–H groups in total. The number of rotatable bonds is 8. The summed E-state index contributed by atoms with van der Waals surface area (Å²) in [5.41, 5.74) is 2.18. The Morgan fingerprint density at radius 1 is 1.10 bits per heavy atom. The van der Waals surface area contributed by atoms with Crippen molar-refractivity contribution >= 4 is 5.91 Å². The summed E-state index contributed by atoms with van der Waals surface area (Å²) < 4.78 is 16.9. The molecular weight excluding hydrogens is 394 g/mol. The van der Waals surface area contributed by atoms with Crippen molar-refractivity contribution in [2.75, 3.05) is 39.4 Å². The SMILES string of the molecule is Cc1oc(-c2ccc(C(=O)NCCN3CCOCC3)cc2)nc1COc1ccccc1. The van der Waals surface area contributed by atoms with E-state index in [2.05, 4.69) is 15.2 Å². The van der Waals surface area contributed by atoms with E-state index in [1.54, 1.807) is 12.1 Å². The molecule has 0 spiro atoms. The van der Waals surface area contributed by atoms with Gasteiger partial charge in [0.05, 0.1) is 13.2 Å². The van der Waals surface area contributed by atoms with Crippen LogP contribution in [0.25, 0.3) is 11.5 Å². The second-order valence-corrected chi connectivity index (χ2v) is 7.41. The number of oxazole rings is 1. The molecule has 0 unspecified atom stereocenters. The monoisotopic (exact) mass is 421 g/mol. The van der Waals surface area contributed by atoms with Crippen LogP contribution in [0.2, 0.25) is 0 Å². The average Bonchev–Trinajstić information content (AvgIpc) is 3.19. The summed E-state index contributed by atoms with van der Waals surface area (Å²) >= 11 is 0. The quantitative estimate of drug-likeness (QED) is 0.602. The number of nitrogens with zero attached hydrogens (tertiary/aromatic N) is 2. The van der Waals surface area contributed by atoms with E-state index < -0.39 is 0 Å². The van der Waals surface area contributed by atoms with Gasteiger partial charge < -0.3 is 19.2 Å². The van der Waals surface area contributed by atoms with E-state index in [4.69, 9.17) is 13.9 Å². The lowest BCUT2D eigenvalue weighted by atomic mass is 10.1. The van der Waals surface area contributed by atoms with Gasteiger partial charge >= 0.3 is 0 Å². The minimum absolute atomic E-state index is 0.0830. The number of nitrogens with one attached hydrogen (secondary N) is 1. The molecule has 7 heteroatoms. The van der Waals surface area contributed by atoms with Gasteiger partial charge in [0.2, 0.25) is 5.89 Å². The number of carbonyl (C=O) groups excluding carboxylic acids is 1. The van der Waals surface area contributed by atoms with Gasteiger partial charge in [-0.25, -0.2) is 4.98 Å². The third-order valence-electron chi connectivity index (χ3n) is 5.22. The maximum absolute atomic E-state index is 12.4. The van der Waals surface area contributed by atoms with Crippen LogP contribution in [0, 0.1) is 6.92 Å². The number of para-hydroxylation sites is 1. The number of ether oxygens (including phenoxy) is 2. The van der Waals surface area contributed by atoms with Gasteiger partial charge in [-0.15, -0.1) is 0 Å². The van der Waals surface area contributed by atoms with E-state index in [0.717, 1.165) is 55.6 Å². The Balaban J connectivity index is 1.31. The summed E-state index contributed by atoms with van der Waals surface area (Å²) in [5.74, 6) is 1.94. The number of morpholine rings is 1. The van der Waals surface area contributed by atoms with E-state index in [-0.39, 0.29) is 5.91 Å². The first kappa shape index (κ1) is 21.1. The van der Waals surface area contributed by atoms with Gasteiger partial charge in [-0.2, -0.15) is 0 Å². The van der Waals surface area contributed by atoms with Gasteiger partial charge in [-0.1, -0.05) is 18.2 Å². The molecule has 7 nitrogen and oxygen atoms in total. The molecule has 0 atom stereocenters. The predicted molar refractivity (Wildman–Crippen MR) is 117 cm³/mol. The summed E-state index contributed by atoms with van der Waals surface area (Å²) in [7, 11) is 0. The van der Waals surface area contributed by atoms with Crippen molar-refractivity contribution in [1.29, 1.82) is 0 Å². The van der Waals surface area contributed by atoms with Crippen LogP contribution in [-0.2, 0) is 11.3 Å². The summed E-state index contributed by atoms with van der Waals surface area (Å²) in [5, 5.41) is 2.97. The van der Waals surface area contributed by atoms with Gasteiger partial charge in [0, 0.05) is 37.3 Å². The standard InChI is InChI=1S/C24H27N3O4/c1-18-22(17-30-21-5-3-2-4-6-21)26-24(31-18)20-9-7-19(8-10-20)23(28)25-11-12-27-13-15-29-16-14-27/h2-10H,11-17H2,1H3,(H,25,28). The van der Waals surface area contributed by atoms with Gasteiger partial charge in [-0.05, 0) is 43.3 Å². The first-order valence-corrected chi connectivity index (χ1v) is 10.5. The Kier molecular flexibility index (Phi) is 6.96. The minimum Gasteiger partial charge on any atom is -0.487 e. The fourth-order valence-electron chi connectivity index (χ4n) is 3.37. The molecule has 31 heavy (non-hydrogen) atoms. The maximum Gasteiger partial charge on any atom is 0.251 e. The molecular formula is C24H27N3O4. The Bertz CT molecular complexity index is 980. The highest BCUT2D eigenvalue weighted by molar-refractivity contribution is 5.94. The van der Waals surface area contributed by atoms with Gasteiger partial charge in [0.25, 0.3) is 5.91 Å². The average molecular weight is 421 g/mol. The molecule has 1 aliphatic heterocycles. The van der Waals surface area contributed by atoms with Crippen molar-refractivity contribution in [3.05, 3.63) is 71.6 Å². The number of amides is 1. The Hall–Kier alpha value is -3.16. The van der Waals surface area contributed by atoms with Crippen molar-refractivity contribution < 1.29 is 18.7 Å². The van der Waals surface area contributed by atoms with Gasteiger partial charge in [0.15, 0.2) is 0 Å². The topological polar surface area (TPSA) is 76.8 Å². The highest BCUT2D eigenvalue weighted by atomic mass is 16.5. The van der Waals surface area contributed by atoms with Crippen LogP contribution in [0.4, 0.5) is 0 Å². The fraction of sp³-hybridized carbons (Fsp3) is 0.333. The van der Waals surface area contributed by atoms with E-state index in [0.29, 0.717) is 24.6 Å². The number of aryl methyl sites for hydroxylation is 1. The molecule has 0 radical (unpaired) electrons. The summed E-state index contributed by atoms with van der Waals surface area (Å²) in [6, 6.07) is 16.9. The zero-order valence-corrected chi connectivity index (χ0v) is 17.7. The minimum atomic E-state index is -0.0830. The van der Waals surface area contributed by atoms with Gasteiger partial charge in [0.1, 0.15) is 23.8 Å². The third-order valence-corrected chi connectivity index (χ3v) is 5.22. The number of aromatic nitrogens is 1.